The monoisotopic (exact) mass is 233 g/mol. The fourth-order valence-corrected chi connectivity index (χ4v) is 2.67. The third-order valence-electron chi connectivity index (χ3n) is 3.60. The van der Waals surface area contributed by atoms with Gasteiger partial charge >= 0.3 is 0 Å². The first-order chi connectivity index (χ1) is 8.40. The third kappa shape index (κ3) is 3.83. The van der Waals surface area contributed by atoms with Crippen LogP contribution < -0.4 is 5.32 Å². The Labute approximate surface area is 104 Å². The number of ether oxygens (including phenoxy) is 1. The zero-order chi connectivity index (χ0) is 11.9. The summed E-state index contributed by atoms with van der Waals surface area (Å²) in [7, 11) is 2.03. The van der Waals surface area contributed by atoms with Crippen LogP contribution in [0.3, 0.4) is 0 Å². The van der Waals surface area contributed by atoms with Gasteiger partial charge in [0, 0.05) is 13.2 Å². The van der Waals surface area contributed by atoms with Gasteiger partial charge in [-0.1, -0.05) is 30.3 Å². The quantitative estimate of drug-likeness (QED) is 0.844. The van der Waals surface area contributed by atoms with E-state index >= 15 is 0 Å². The largest absolute Gasteiger partial charge is 0.378 e. The summed E-state index contributed by atoms with van der Waals surface area (Å²) in [4.78, 5) is 0. The van der Waals surface area contributed by atoms with Crippen LogP contribution in [-0.2, 0) is 11.2 Å². The maximum Gasteiger partial charge on any atom is 0.0618 e. The van der Waals surface area contributed by atoms with Crippen molar-refractivity contribution >= 4 is 0 Å². The number of rotatable bonds is 5. The number of aryl methyl sites for hydroxylation is 1. The SMILES string of the molecule is CNCC1CCCOC1CCc1ccccc1. The normalized spacial score (nSPS) is 24.8. The van der Waals surface area contributed by atoms with Crippen LogP contribution in [0.2, 0.25) is 0 Å². The molecule has 1 N–H and O–H groups in total. The van der Waals surface area contributed by atoms with E-state index in [1.807, 2.05) is 7.05 Å². The molecule has 1 aliphatic rings. The molecule has 0 spiro atoms. The Hall–Kier alpha value is -0.860. The summed E-state index contributed by atoms with van der Waals surface area (Å²) in [5.41, 5.74) is 1.42. The van der Waals surface area contributed by atoms with E-state index in [0.717, 1.165) is 26.0 Å². The van der Waals surface area contributed by atoms with Crippen molar-refractivity contribution in [3.8, 4) is 0 Å². The van der Waals surface area contributed by atoms with E-state index in [1.54, 1.807) is 0 Å². The molecule has 1 saturated heterocycles. The number of nitrogens with one attached hydrogen (secondary N) is 1. The molecule has 0 amide bonds. The zero-order valence-electron chi connectivity index (χ0n) is 10.7. The lowest BCUT2D eigenvalue weighted by Crippen LogP contribution is -2.36. The molecule has 1 fully saturated rings. The molecule has 2 rings (SSSR count). The Morgan fingerprint density at radius 1 is 1.29 bits per heavy atom. The molecule has 2 atom stereocenters. The first-order valence-corrected chi connectivity index (χ1v) is 6.70. The van der Waals surface area contributed by atoms with E-state index < -0.39 is 0 Å². The highest BCUT2D eigenvalue weighted by Gasteiger charge is 2.24. The highest BCUT2D eigenvalue weighted by Crippen LogP contribution is 2.24. The molecule has 2 heteroatoms. The molecule has 0 bridgehead atoms. The van der Waals surface area contributed by atoms with Crippen molar-refractivity contribution < 1.29 is 4.74 Å². The Balaban J connectivity index is 1.84. The lowest BCUT2D eigenvalue weighted by molar-refractivity contribution is -0.0293. The predicted molar refractivity (Wildman–Crippen MR) is 71.2 cm³/mol. The second-order valence-corrected chi connectivity index (χ2v) is 4.89. The van der Waals surface area contributed by atoms with Gasteiger partial charge in [-0.25, -0.2) is 0 Å². The summed E-state index contributed by atoms with van der Waals surface area (Å²) >= 11 is 0. The fraction of sp³-hybridized carbons (Fsp3) is 0.600. The molecule has 17 heavy (non-hydrogen) atoms. The van der Waals surface area contributed by atoms with Crippen molar-refractivity contribution in [3.05, 3.63) is 35.9 Å². The van der Waals surface area contributed by atoms with Crippen LogP contribution >= 0.6 is 0 Å². The van der Waals surface area contributed by atoms with Crippen molar-refractivity contribution in [1.29, 1.82) is 0 Å². The average Bonchev–Trinajstić information content (AvgIpc) is 2.39. The Morgan fingerprint density at radius 3 is 2.88 bits per heavy atom. The van der Waals surface area contributed by atoms with E-state index in [2.05, 4.69) is 35.6 Å². The van der Waals surface area contributed by atoms with E-state index in [1.165, 1.54) is 18.4 Å². The Morgan fingerprint density at radius 2 is 2.12 bits per heavy atom. The number of hydrogen-bond donors (Lipinski definition) is 1. The Bertz CT molecular complexity index is 310. The van der Waals surface area contributed by atoms with E-state index in [9.17, 15) is 0 Å². The van der Waals surface area contributed by atoms with Gasteiger partial charge in [-0.2, -0.15) is 0 Å². The summed E-state index contributed by atoms with van der Waals surface area (Å²) in [6, 6.07) is 10.7. The molecule has 0 radical (unpaired) electrons. The molecule has 0 saturated carbocycles. The lowest BCUT2D eigenvalue weighted by Gasteiger charge is -2.31. The van der Waals surface area contributed by atoms with Crippen LogP contribution in [0.15, 0.2) is 30.3 Å². The van der Waals surface area contributed by atoms with Crippen molar-refractivity contribution in [2.45, 2.75) is 31.8 Å². The van der Waals surface area contributed by atoms with Crippen molar-refractivity contribution in [2.24, 2.45) is 5.92 Å². The van der Waals surface area contributed by atoms with Gasteiger partial charge in [-0.05, 0) is 44.2 Å². The molecule has 1 aliphatic heterocycles. The van der Waals surface area contributed by atoms with Crippen molar-refractivity contribution in [2.75, 3.05) is 20.2 Å². The molecular weight excluding hydrogens is 210 g/mol. The first kappa shape index (κ1) is 12.6. The second-order valence-electron chi connectivity index (χ2n) is 4.89. The van der Waals surface area contributed by atoms with Crippen LogP contribution in [0, 0.1) is 5.92 Å². The molecule has 1 aromatic carbocycles. The molecular formula is C15H23NO. The third-order valence-corrected chi connectivity index (χ3v) is 3.60. The molecule has 0 aromatic heterocycles. The van der Waals surface area contributed by atoms with Gasteiger partial charge < -0.3 is 10.1 Å². The van der Waals surface area contributed by atoms with Gasteiger partial charge in [0.05, 0.1) is 6.10 Å². The van der Waals surface area contributed by atoms with Gasteiger partial charge in [-0.3, -0.25) is 0 Å². The summed E-state index contributed by atoms with van der Waals surface area (Å²) in [6.07, 6.45) is 5.24. The highest BCUT2D eigenvalue weighted by atomic mass is 16.5. The van der Waals surface area contributed by atoms with Gasteiger partial charge in [0.15, 0.2) is 0 Å². The Kier molecular flexibility index (Phi) is 5.02. The highest BCUT2D eigenvalue weighted by molar-refractivity contribution is 5.14. The van der Waals surface area contributed by atoms with Gasteiger partial charge in [0.1, 0.15) is 0 Å². The summed E-state index contributed by atoms with van der Waals surface area (Å²) < 4.78 is 5.92. The lowest BCUT2D eigenvalue weighted by atomic mass is 9.90. The van der Waals surface area contributed by atoms with Gasteiger partial charge in [-0.15, -0.1) is 0 Å². The maximum absolute atomic E-state index is 5.92. The van der Waals surface area contributed by atoms with Crippen molar-refractivity contribution in [1.82, 2.24) is 5.32 Å². The van der Waals surface area contributed by atoms with E-state index in [0.29, 0.717) is 12.0 Å². The van der Waals surface area contributed by atoms with Crippen LogP contribution in [0.25, 0.3) is 0 Å². The van der Waals surface area contributed by atoms with Gasteiger partial charge in [0.25, 0.3) is 0 Å². The van der Waals surface area contributed by atoms with E-state index in [4.69, 9.17) is 4.74 Å². The number of hydrogen-bond acceptors (Lipinski definition) is 2. The van der Waals surface area contributed by atoms with Crippen LogP contribution in [-0.4, -0.2) is 26.3 Å². The maximum atomic E-state index is 5.92. The average molecular weight is 233 g/mol. The summed E-state index contributed by atoms with van der Waals surface area (Å²) in [5.74, 6) is 0.692. The molecule has 2 unspecified atom stereocenters. The minimum atomic E-state index is 0.441. The topological polar surface area (TPSA) is 21.3 Å². The molecule has 94 valence electrons. The van der Waals surface area contributed by atoms with Crippen LogP contribution in [0.4, 0.5) is 0 Å². The van der Waals surface area contributed by atoms with Crippen molar-refractivity contribution in [3.63, 3.8) is 0 Å². The minimum Gasteiger partial charge on any atom is -0.378 e. The van der Waals surface area contributed by atoms with Crippen LogP contribution in [0.1, 0.15) is 24.8 Å². The van der Waals surface area contributed by atoms with E-state index in [-0.39, 0.29) is 0 Å². The molecule has 0 aliphatic carbocycles. The number of benzene rings is 1. The molecule has 2 nitrogen and oxygen atoms in total. The molecule has 1 heterocycles. The fourth-order valence-electron chi connectivity index (χ4n) is 2.67. The summed E-state index contributed by atoms with van der Waals surface area (Å²) in [5, 5.41) is 3.29. The van der Waals surface area contributed by atoms with Gasteiger partial charge in [0.2, 0.25) is 0 Å². The molecule has 1 aromatic rings. The second kappa shape index (κ2) is 6.77. The summed E-state index contributed by atoms with van der Waals surface area (Å²) in [6.45, 7) is 2.03. The first-order valence-electron chi connectivity index (χ1n) is 6.70. The van der Waals surface area contributed by atoms with Crippen LogP contribution in [0.5, 0.6) is 0 Å². The smallest absolute Gasteiger partial charge is 0.0618 e. The predicted octanol–water partition coefficient (Wildman–Crippen LogP) is 2.63. The standard InChI is InChI=1S/C15H23NO/c1-16-12-14-8-5-11-17-15(14)10-9-13-6-3-2-4-7-13/h2-4,6-7,14-16H,5,8-12H2,1H3. The zero-order valence-corrected chi connectivity index (χ0v) is 10.7. The minimum absolute atomic E-state index is 0.441.